The molecule has 7 nitrogen and oxygen atoms in total. The normalized spacial score (nSPS) is 11.8. The highest BCUT2D eigenvalue weighted by atomic mass is 32.2. The zero-order valence-corrected chi connectivity index (χ0v) is 20.3. The number of benzene rings is 2. The lowest BCUT2D eigenvalue weighted by molar-refractivity contribution is 0.104. The molecule has 3 aromatic heterocycles. The summed E-state index contributed by atoms with van der Waals surface area (Å²) >= 11 is 1.37. The van der Waals surface area contributed by atoms with E-state index in [-0.39, 0.29) is 5.78 Å². The van der Waals surface area contributed by atoms with E-state index in [0.29, 0.717) is 27.5 Å². The predicted molar refractivity (Wildman–Crippen MR) is 139 cm³/mol. The van der Waals surface area contributed by atoms with Crippen molar-refractivity contribution in [3.05, 3.63) is 112 Å². The predicted octanol–water partition coefficient (Wildman–Crippen LogP) is 5.13. The standard InChI is InChI=1S/C26H20N4O3S2/c1-29(35(32,33)16-13-19-7-3-2-4-8-19)21-10-5-9-20(17-21)23-12-14-27-26-22(18-28-30(23)26)25(31)24-11-6-15-34-24/h2-18H,1H3/b16-13+. The lowest BCUT2D eigenvalue weighted by atomic mass is 10.1. The maximum Gasteiger partial charge on any atom is 0.257 e. The van der Waals surface area contributed by atoms with E-state index in [1.54, 1.807) is 47.1 Å². The number of hydrogen-bond donors (Lipinski definition) is 0. The van der Waals surface area contributed by atoms with Gasteiger partial charge in [-0.2, -0.15) is 5.10 Å². The molecule has 0 aliphatic carbocycles. The number of carbonyl (C=O) groups excluding carboxylic acids is 1. The minimum Gasteiger partial charge on any atom is -0.287 e. The molecular weight excluding hydrogens is 480 g/mol. The maximum atomic E-state index is 12.9. The summed E-state index contributed by atoms with van der Waals surface area (Å²) in [4.78, 5) is 17.9. The van der Waals surface area contributed by atoms with Gasteiger partial charge in [0, 0.05) is 18.8 Å². The van der Waals surface area contributed by atoms with Crippen molar-refractivity contribution in [3.8, 4) is 11.3 Å². The lowest BCUT2D eigenvalue weighted by Crippen LogP contribution is -2.24. The monoisotopic (exact) mass is 500 g/mol. The van der Waals surface area contributed by atoms with Crippen molar-refractivity contribution < 1.29 is 13.2 Å². The quantitative estimate of drug-likeness (QED) is 0.290. The van der Waals surface area contributed by atoms with E-state index in [1.807, 2.05) is 47.8 Å². The lowest BCUT2D eigenvalue weighted by Gasteiger charge is -2.18. The highest BCUT2D eigenvalue weighted by molar-refractivity contribution is 7.95. The summed E-state index contributed by atoms with van der Waals surface area (Å²) in [7, 11) is -2.20. The molecule has 35 heavy (non-hydrogen) atoms. The zero-order valence-electron chi connectivity index (χ0n) is 18.6. The first-order valence-corrected chi connectivity index (χ1v) is 13.1. The molecule has 2 aromatic carbocycles. The van der Waals surface area contributed by atoms with Crippen molar-refractivity contribution in [1.29, 1.82) is 0 Å². The first-order chi connectivity index (χ1) is 16.9. The minimum absolute atomic E-state index is 0.135. The van der Waals surface area contributed by atoms with Crippen LogP contribution in [-0.4, -0.2) is 35.8 Å². The van der Waals surface area contributed by atoms with E-state index in [2.05, 4.69) is 10.1 Å². The Morgan fingerprint density at radius 2 is 1.86 bits per heavy atom. The Morgan fingerprint density at radius 1 is 1.03 bits per heavy atom. The summed E-state index contributed by atoms with van der Waals surface area (Å²) in [5, 5.41) is 7.45. The molecule has 0 saturated carbocycles. The fourth-order valence-corrected chi connectivity index (χ4v) is 5.24. The fraction of sp³-hybridized carbons (Fsp3) is 0.0385. The molecule has 0 aliphatic rings. The Kier molecular flexibility index (Phi) is 6.02. The first kappa shape index (κ1) is 22.7. The number of anilines is 1. The van der Waals surface area contributed by atoms with Crippen LogP contribution in [0.25, 0.3) is 23.0 Å². The van der Waals surface area contributed by atoms with Gasteiger partial charge in [-0.15, -0.1) is 11.3 Å². The van der Waals surface area contributed by atoms with Crippen molar-refractivity contribution in [2.75, 3.05) is 11.4 Å². The van der Waals surface area contributed by atoms with Crippen LogP contribution < -0.4 is 4.31 Å². The molecule has 5 rings (SSSR count). The topological polar surface area (TPSA) is 84.6 Å². The van der Waals surface area contributed by atoms with Crippen molar-refractivity contribution in [3.63, 3.8) is 0 Å². The van der Waals surface area contributed by atoms with Crippen LogP contribution in [0.1, 0.15) is 20.8 Å². The van der Waals surface area contributed by atoms with Gasteiger partial charge >= 0.3 is 0 Å². The van der Waals surface area contributed by atoms with Gasteiger partial charge in [-0.05, 0) is 41.3 Å². The number of ketones is 1. The summed E-state index contributed by atoms with van der Waals surface area (Å²) in [5.41, 5.74) is 3.57. The van der Waals surface area contributed by atoms with Crippen molar-refractivity contribution in [2.24, 2.45) is 0 Å². The maximum absolute atomic E-state index is 12.9. The van der Waals surface area contributed by atoms with Crippen LogP contribution in [0.5, 0.6) is 0 Å². The molecule has 9 heteroatoms. The van der Waals surface area contributed by atoms with Gasteiger partial charge in [0.15, 0.2) is 5.65 Å². The Balaban J connectivity index is 1.49. The summed E-state index contributed by atoms with van der Waals surface area (Å²) < 4.78 is 28.7. The fourth-order valence-electron chi connectivity index (χ4n) is 3.64. The van der Waals surface area contributed by atoms with Gasteiger partial charge in [-0.1, -0.05) is 48.5 Å². The van der Waals surface area contributed by atoms with Crippen LogP contribution in [0.4, 0.5) is 5.69 Å². The second-order valence-electron chi connectivity index (χ2n) is 7.71. The van der Waals surface area contributed by atoms with Gasteiger partial charge in [0.2, 0.25) is 5.78 Å². The molecular formula is C26H20N4O3S2. The highest BCUT2D eigenvalue weighted by Crippen LogP contribution is 2.27. The van der Waals surface area contributed by atoms with Crippen molar-refractivity contribution in [1.82, 2.24) is 14.6 Å². The van der Waals surface area contributed by atoms with E-state index in [9.17, 15) is 13.2 Å². The van der Waals surface area contributed by atoms with Crippen LogP contribution in [-0.2, 0) is 10.0 Å². The molecule has 174 valence electrons. The molecule has 0 bridgehead atoms. The molecule has 3 heterocycles. The Bertz CT molecular complexity index is 1640. The number of nitrogens with zero attached hydrogens (tertiary/aromatic N) is 4. The van der Waals surface area contributed by atoms with Crippen LogP contribution >= 0.6 is 11.3 Å². The van der Waals surface area contributed by atoms with Crippen LogP contribution in [0, 0.1) is 0 Å². The second-order valence-corrected chi connectivity index (χ2v) is 10.5. The number of sulfonamides is 1. The third kappa shape index (κ3) is 4.51. The third-order valence-corrected chi connectivity index (χ3v) is 7.83. The number of carbonyl (C=O) groups is 1. The van der Waals surface area contributed by atoms with E-state index >= 15 is 0 Å². The number of thiophene rings is 1. The van der Waals surface area contributed by atoms with Crippen molar-refractivity contribution >= 4 is 44.6 Å². The van der Waals surface area contributed by atoms with E-state index in [0.717, 1.165) is 11.1 Å². The molecule has 0 spiro atoms. The molecule has 0 fully saturated rings. The highest BCUT2D eigenvalue weighted by Gasteiger charge is 2.20. The van der Waals surface area contributed by atoms with Gasteiger partial charge < -0.3 is 0 Å². The summed E-state index contributed by atoms with van der Waals surface area (Å²) in [6.45, 7) is 0. The van der Waals surface area contributed by atoms with E-state index in [4.69, 9.17) is 0 Å². The average Bonchev–Trinajstić information content (AvgIpc) is 3.58. The van der Waals surface area contributed by atoms with Crippen LogP contribution in [0.3, 0.4) is 0 Å². The molecule has 0 aliphatic heterocycles. The summed E-state index contributed by atoms with van der Waals surface area (Å²) in [6, 6.07) is 21.8. The third-order valence-electron chi connectivity index (χ3n) is 5.51. The van der Waals surface area contributed by atoms with E-state index < -0.39 is 10.0 Å². The Labute approximate surface area is 206 Å². The minimum atomic E-state index is -3.71. The van der Waals surface area contributed by atoms with Gasteiger partial charge in [0.1, 0.15) is 0 Å². The number of rotatable bonds is 7. The molecule has 0 N–H and O–H groups in total. The number of fused-ring (bicyclic) bond motifs is 1. The van der Waals surface area contributed by atoms with Crippen molar-refractivity contribution in [2.45, 2.75) is 0 Å². The molecule has 0 atom stereocenters. The number of hydrogen-bond acceptors (Lipinski definition) is 6. The Hall–Kier alpha value is -4.08. The first-order valence-electron chi connectivity index (χ1n) is 10.7. The van der Waals surface area contributed by atoms with Gasteiger partial charge in [0.25, 0.3) is 10.0 Å². The van der Waals surface area contributed by atoms with Gasteiger partial charge in [-0.3, -0.25) is 9.10 Å². The molecule has 0 amide bonds. The zero-order chi connectivity index (χ0) is 24.4. The average molecular weight is 501 g/mol. The molecule has 0 unspecified atom stereocenters. The molecule has 0 radical (unpaired) electrons. The van der Waals surface area contributed by atoms with Crippen LogP contribution in [0.2, 0.25) is 0 Å². The van der Waals surface area contributed by atoms with E-state index in [1.165, 1.54) is 34.3 Å². The number of aromatic nitrogens is 3. The smallest absolute Gasteiger partial charge is 0.257 e. The SMILES string of the molecule is CN(c1cccc(-c2ccnc3c(C(=O)c4cccs4)cnn23)c1)S(=O)(=O)/C=C/c1ccccc1. The van der Waals surface area contributed by atoms with Crippen LogP contribution in [0.15, 0.2) is 96.0 Å². The largest absolute Gasteiger partial charge is 0.287 e. The molecule has 5 aromatic rings. The van der Waals surface area contributed by atoms with Gasteiger partial charge in [0.05, 0.1) is 33.4 Å². The second kappa shape index (κ2) is 9.28. The summed E-state index contributed by atoms with van der Waals surface area (Å²) in [6.07, 6.45) is 4.70. The Morgan fingerprint density at radius 3 is 2.63 bits per heavy atom. The summed E-state index contributed by atoms with van der Waals surface area (Å²) in [5.74, 6) is -0.135. The van der Waals surface area contributed by atoms with Gasteiger partial charge in [-0.25, -0.2) is 17.9 Å². The molecule has 0 saturated heterocycles.